The third kappa shape index (κ3) is 4.05. The largest absolute Gasteiger partial charge is 0.387 e. The van der Waals surface area contributed by atoms with Crippen molar-refractivity contribution in [3.63, 3.8) is 0 Å². The normalized spacial score (nSPS) is 14.4. The third-order valence-electron chi connectivity index (χ3n) is 2.35. The smallest absolute Gasteiger partial charge is 0.293 e. The van der Waals surface area contributed by atoms with E-state index in [0.717, 1.165) is 0 Å². The summed E-state index contributed by atoms with van der Waals surface area (Å²) in [6.45, 7) is 4.55. The summed E-state index contributed by atoms with van der Waals surface area (Å²) in [5, 5.41) is 12.9. The number of aryl methyl sites for hydroxylation is 1. The Morgan fingerprint density at radius 1 is 1.65 bits per heavy atom. The maximum absolute atomic E-state index is 11.8. The number of nitrogens with zero attached hydrogens (tertiary/aromatic N) is 2. The molecular formula is C11H19N3O2S. The lowest BCUT2D eigenvalue weighted by Crippen LogP contribution is -2.38. The lowest BCUT2D eigenvalue weighted by atomic mass is 10.1. The van der Waals surface area contributed by atoms with Crippen molar-refractivity contribution >= 4 is 17.6 Å². The minimum absolute atomic E-state index is 0.157. The molecule has 1 heterocycles. The number of hydrogen-bond donors (Lipinski definition) is 2. The van der Waals surface area contributed by atoms with Gasteiger partial charge in [0.2, 0.25) is 0 Å². The summed E-state index contributed by atoms with van der Waals surface area (Å²) >= 11 is 1.56. The Bertz CT molecular complexity index is 417. The Hall–Kier alpha value is -1.01. The number of hydrogen-bond acceptors (Lipinski definition) is 5. The molecule has 1 unspecified atom stereocenters. The van der Waals surface area contributed by atoms with Crippen molar-refractivity contribution in [3.8, 4) is 0 Å². The SMILES string of the molecule is CCn1ccnc(NCC(C)(O)CSC)c1=O. The lowest BCUT2D eigenvalue weighted by molar-refractivity contribution is 0.0996. The van der Waals surface area contributed by atoms with Crippen LogP contribution in [0.1, 0.15) is 13.8 Å². The molecule has 0 amide bonds. The van der Waals surface area contributed by atoms with Gasteiger partial charge in [-0.3, -0.25) is 4.79 Å². The molecule has 5 nitrogen and oxygen atoms in total. The highest BCUT2D eigenvalue weighted by Gasteiger charge is 2.20. The molecule has 1 aromatic heterocycles. The van der Waals surface area contributed by atoms with Gasteiger partial charge in [0.1, 0.15) is 0 Å². The van der Waals surface area contributed by atoms with Crippen LogP contribution in [0.15, 0.2) is 17.2 Å². The summed E-state index contributed by atoms with van der Waals surface area (Å²) < 4.78 is 1.57. The predicted octanol–water partition coefficient (Wildman–Crippen LogP) is 0.789. The van der Waals surface area contributed by atoms with Crippen LogP contribution in [0, 0.1) is 0 Å². The number of thioether (sulfide) groups is 1. The molecule has 2 N–H and O–H groups in total. The molecule has 0 aliphatic carbocycles. The Labute approximate surface area is 105 Å². The summed E-state index contributed by atoms with van der Waals surface area (Å²) in [6, 6.07) is 0. The van der Waals surface area contributed by atoms with Gasteiger partial charge in [-0.1, -0.05) is 0 Å². The first-order valence-corrected chi connectivity index (χ1v) is 6.90. The zero-order valence-electron chi connectivity index (χ0n) is 10.4. The second-order valence-electron chi connectivity index (χ2n) is 4.15. The van der Waals surface area contributed by atoms with Gasteiger partial charge in [-0.25, -0.2) is 4.98 Å². The van der Waals surface area contributed by atoms with Crippen LogP contribution in [-0.4, -0.2) is 38.8 Å². The van der Waals surface area contributed by atoms with Gasteiger partial charge in [-0.15, -0.1) is 0 Å². The molecule has 0 radical (unpaired) electrons. The molecule has 0 bridgehead atoms. The Kier molecular flexibility index (Phi) is 5.02. The first kappa shape index (κ1) is 14.1. The minimum Gasteiger partial charge on any atom is -0.387 e. The van der Waals surface area contributed by atoms with Crippen molar-refractivity contribution in [2.75, 3.05) is 23.9 Å². The Morgan fingerprint density at radius 3 is 2.94 bits per heavy atom. The van der Waals surface area contributed by atoms with Gasteiger partial charge < -0.3 is 15.0 Å². The van der Waals surface area contributed by atoms with E-state index in [2.05, 4.69) is 10.3 Å². The fourth-order valence-electron chi connectivity index (χ4n) is 1.45. The van der Waals surface area contributed by atoms with Gasteiger partial charge in [0.05, 0.1) is 5.60 Å². The van der Waals surface area contributed by atoms with Crippen molar-refractivity contribution in [1.29, 1.82) is 0 Å². The molecule has 1 rings (SSSR count). The van der Waals surface area contributed by atoms with E-state index in [-0.39, 0.29) is 11.4 Å². The topological polar surface area (TPSA) is 67.2 Å². The van der Waals surface area contributed by atoms with E-state index in [9.17, 15) is 9.90 Å². The maximum atomic E-state index is 11.8. The monoisotopic (exact) mass is 257 g/mol. The summed E-state index contributed by atoms with van der Waals surface area (Å²) in [5.41, 5.74) is -1.00. The van der Waals surface area contributed by atoms with Crippen molar-refractivity contribution in [3.05, 3.63) is 22.7 Å². The van der Waals surface area contributed by atoms with Gasteiger partial charge in [-0.05, 0) is 20.1 Å². The highest BCUT2D eigenvalue weighted by atomic mass is 32.2. The maximum Gasteiger partial charge on any atom is 0.293 e. The van der Waals surface area contributed by atoms with Crippen LogP contribution >= 0.6 is 11.8 Å². The molecule has 0 saturated heterocycles. The second kappa shape index (κ2) is 6.07. The van der Waals surface area contributed by atoms with Crippen LogP contribution in [0.25, 0.3) is 0 Å². The zero-order valence-corrected chi connectivity index (χ0v) is 11.3. The molecule has 6 heteroatoms. The molecular weight excluding hydrogens is 238 g/mol. The van der Waals surface area contributed by atoms with Crippen LogP contribution < -0.4 is 10.9 Å². The van der Waals surface area contributed by atoms with Gasteiger partial charge >= 0.3 is 0 Å². The van der Waals surface area contributed by atoms with Crippen LogP contribution in [-0.2, 0) is 6.54 Å². The van der Waals surface area contributed by atoms with Crippen molar-refractivity contribution < 1.29 is 5.11 Å². The van der Waals surface area contributed by atoms with E-state index in [1.807, 2.05) is 13.2 Å². The summed E-state index contributed by atoms with van der Waals surface area (Å²) in [4.78, 5) is 15.8. The lowest BCUT2D eigenvalue weighted by Gasteiger charge is -2.22. The van der Waals surface area contributed by atoms with Crippen molar-refractivity contribution in [2.24, 2.45) is 0 Å². The van der Waals surface area contributed by atoms with Crippen LogP contribution in [0.2, 0.25) is 0 Å². The van der Waals surface area contributed by atoms with Crippen LogP contribution in [0.5, 0.6) is 0 Å². The Morgan fingerprint density at radius 2 is 2.35 bits per heavy atom. The number of aromatic nitrogens is 2. The number of aliphatic hydroxyl groups is 1. The van der Waals surface area contributed by atoms with Gasteiger partial charge in [0, 0.05) is 31.2 Å². The number of nitrogens with one attached hydrogen (secondary N) is 1. The summed E-state index contributed by atoms with van der Waals surface area (Å²) in [6.07, 6.45) is 5.16. The molecule has 0 saturated carbocycles. The molecule has 0 spiro atoms. The molecule has 0 aromatic carbocycles. The van der Waals surface area contributed by atoms with E-state index in [4.69, 9.17) is 0 Å². The standard InChI is InChI=1S/C11H19N3O2S/c1-4-14-6-5-12-9(10(14)15)13-7-11(2,16)8-17-3/h5-6,16H,4,7-8H2,1-3H3,(H,12,13). The van der Waals surface area contributed by atoms with Gasteiger partial charge in [0.25, 0.3) is 5.56 Å². The first-order chi connectivity index (χ1) is 8.00. The molecule has 17 heavy (non-hydrogen) atoms. The average molecular weight is 257 g/mol. The van der Waals surface area contributed by atoms with E-state index in [1.54, 1.807) is 35.6 Å². The minimum atomic E-state index is -0.847. The molecule has 0 aliphatic rings. The van der Waals surface area contributed by atoms with Gasteiger partial charge in [-0.2, -0.15) is 11.8 Å². The summed E-state index contributed by atoms with van der Waals surface area (Å²) in [7, 11) is 0. The highest BCUT2D eigenvalue weighted by Crippen LogP contribution is 2.10. The fraction of sp³-hybridized carbons (Fsp3) is 0.636. The van der Waals surface area contributed by atoms with Gasteiger partial charge in [0.15, 0.2) is 5.82 Å². The fourth-order valence-corrected chi connectivity index (χ4v) is 2.18. The second-order valence-corrected chi connectivity index (χ2v) is 5.02. The number of anilines is 1. The molecule has 96 valence electrons. The van der Waals surface area contributed by atoms with E-state index in [1.165, 1.54) is 0 Å². The quantitative estimate of drug-likeness (QED) is 0.788. The predicted molar refractivity (Wildman–Crippen MR) is 71.7 cm³/mol. The van der Waals surface area contributed by atoms with Crippen molar-refractivity contribution in [2.45, 2.75) is 26.0 Å². The van der Waals surface area contributed by atoms with Crippen LogP contribution in [0.3, 0.4) is 0 Å². The van der Waals surface area contributed by atoms with Crippen LogP contribution in [0.4, 0.5) is 5.82 Å². The average Bonchev–Trinajstić information content (AvgIpc) is 2.28. The van der Waals surface area contributed by atoms with E-state index < -0.39 is 5.60 Å². The molecule has 0 fully saturated rings. The summed E-state index contributed by atoms with van der Waals surface area (Å²) in [5.74, 6) is 0.894. The number of rotatable bonds is 6. The first-order valence-electron chi connectivity index (χ1n) is 5.51. The molecule has 1 atom stereocenters. The highest BCUT2D eigenvalue weighted by molar-refractivity contribution is 7.98. The molecule has 0 aliphatic heterocycles. The Balaban J connectivity index is 2.73. The van der Waals surface area contributed by atoms with Crippen molar-refractivity contribution in [1.82, 2.24) is 9.55 Å². The third-order valence-corrected chi connectivity index (χ3v) is 3.26. The van der Waals surface area contributed by atoms with E-state index >= 15 is 0 Å². The molecule has 1 aromatic rings. The zero-order chi connectivity index (χ0) is 12.9. The van der Waals surface area contributed by atoms with E-state index in [0.29, 0.717) is 18.8 Å².